The molecule has 2 rings (SSSR count). The lowest BCUT2D eigenvalue weighted by Crippen LogP contribution is -2.23. The molecular weight excluding hydrogens is 410 g/mol. The van der Waals surface area contributed by atoms with Crippen LogP contribution < -0.4 is 4.74 Å². The Labute approximate surface area is 201 Å². The van der Waals surface area contributed by atoms with Crippen LogP contribution in [-0.4, -0.2) is 35.5 Å². The zero-order valence-corrected chi connectivity index (χ0v) is 20.7. The van der Waals surface area contributed by atoms with Crippen LogP contribution >= 0.6 is 0 Å². The predicted octanol–water partition coefficient (Wildman–Crippen LogP) is 7.40. The quantitative estimate of drug-likeness (QED) is 0.189. The van der Waals surface area contributed by atoms with E-state index in [2.05, 4.69) is 42.2 Å². The topological polar surface area (TPSA) is 49.8 Å². The Kier molecular flexibility index (Phi) is 13.3. The Hall–Kier alpha value is -2.33. The highest BCUT2D eigenvalue weighted by molar-refractivity contribution is 5.96. The maximum absolute atomic E-state index is 11.3. The zero-order chi connectivity index (χ0) is 23.7. The van der Waals surface area contributed by atoms with Crippen molar-refractivity contribution in [2.75, 3.05) is 19.7 Å². The highest BCUT2D eigenvalue weighted by Gasteiger charge is 2.07. The Balaban J connectivity index is 1.39. The molecule has 0 fully saturated rings. The lowest BCUT2D eigenvalue weighted by atomic mass is 10.1. The summed E-state index contributed by atoms with van der Waals surface area (Å²) in [5.41, 5.74) is 1.75. The third kappa shape index (κ3) is 11.4. The van der Waals surface area contributed by atoms with E-state index in [4.69, 9.17) is 4.74 Å². The van der Waals surface area contributed by atoms with Crippen molar-refractivity contribution in [3.05, 3.63) is 59.7 Å². The van der Waals surface area contributed by atoms with Gasteiger partial charge in [0.05, 0.1) is 12.2 Å². The van der Waals surface area contributed by atoms with Gasteiger partial charge in [0.25, 0.3) is 0 Å². The minimum atomic E-state index is -0.138. The third-order valence-electron chi connectivity index (χ3n) is 6.18. The van der Waals surface area contributed by atoms with Gasteiger partial charge in [-0.3, -0.25) is 9.69 Å². The van der Waals surface area contributed by atoms with Gasteiger partial charge in [-0.1, -0.05) is 88.6 Å². The zero-order valence-electron chi connectivity index (χ0n) is 20.7. The SMILES string of the molecule is CCN(CCCCCCCCCCCCOc1ccc(C(C)=O)c(O)c1)Cc1ccccc1. The number of ether oxygens (including phenoxy) is 1. The number of hydrogen-bond acceptors (Lipinski definition) is 4. The number of unbranched alkanes of at least 4 members (excludes halogenated alkanes) is 9. The van der Waals surface area contributed by atoms with E-state index in [1.165, 1.54) is 82.9 Å². The van der Waals surface area contributed by atoms with Gasteiger partial charge in [-0.05, 0) is 50.6 Å². The first-order valence-corrected chi connectivity index (χ1v) is 12.8. The van der Waals surface area contributed by atoms with Gasteiger partial charge in [-0.2, -0.15) is 0 Å². The molecule has 2 aromatic carbocycles. The average molecular weight is 454 g/mol. The summed E-state index contributed by atoms with van der Waals surface area (Å²) >= 11 is 0. The fourth-order valence-corrected chi connectivity index (χ4v) is 4.13. The van der Waals surface area contributed by atoms with Gasteiger partial charge in [0.1, 0.15) is 11.5 Å². The van der Waals surface area contributed by atoms with Crippen LogP contribution in [0.4, 0.5) is 0 Å². The van der Waals surface area contributed by atoms with E-state index < -0.39 is 0 Å². The van der Waals surface area contributed by atoms with Gasteiger partial charge < -0.3 is 9.84 Å². The molecule has 0 unspecified atom stereocenters. The molecule has 0 amide bonds. The number of benzene rings is 2. The molecular formula is C29H43NO3. The van der Waals surface area contributed by atoms with Crippen LogP contribution in [0, 0.1) is 0 Å². The summed E-state index contributed by atoms with van der Waals surface area (Å²) in [5, 5.41) is 9.84. The number of hydrogen-bond donors (Lipinski definition) is 1. The molecule has 0 bridgehead atoms. The molecule has 0 radical (unpaired) electrons. The molecule has 1 N–H and O–H groups in total. The van der Waals surface area contributed by atoms with Crippen molar-refractivity contribution in [1.82, 2.24) is 4.90 Å². The summed E-state index contributed by atoms with van der Waals surface area (Å²) in [4.78, 5) is 13.9. The Morgan fingerprint density at radius 2 is 1.45 bits per heavy atom. The molecule has 4 heteroatoms. The van der Waals surface area contributed by atoms with E-state index in [1.807, 2.05) is 0 Å². The molecule has 182 valence electrons. The number of phenolic OH excluding ortho intramolecular Hbond substituents is 1. The van der Waals surface area contributed by atoms with Crippen LogP contribution in [0.2, 0.25) is 0 Å². The fraction of sp³-hybridized carbons (Fsp3) is 0.552. The van der Waals surface area contributed by atoms with Gasteiger partial charge in [-0.15, -0.1) is 0 Å². The smallest absolute Gasteiger partial charge is 0.163 e. The number of nitrogens with zero attached hydrogens (tertiary/aromatic N) is 1. The normalized spacial score (nSPS) is 11.1. The van der Waals surface area contributed by atoms with Crippen molar-refractivity contribution in [3.63, 3.8) is 0 Å². The Bertz CT molecular complexity index is 791. The number of rotatable bonds is 18. The van der Waals surface area contributed by atoms with Crippen molar-refractivity contribution in [2.24, 2.45) is 0 Å². The minimum absolute atomic E-state index is 0.00475. The van der Waals surface area contributed by atoms with Crippen molar-refractivity contribution in [2.45, 2.75) is 84.6 Å². The van der Waals surface area contributed by atoms with E-state index in [0.29, 0.717) is 17.9 Å². The second-order valence-corrected chi connectivity index (χ2v) is 8.97. The van der Waals surface area contributed by atoms with Crippen LogP contribution in [0.3, 0.4) is 0 Å². The number of phenols is 1. The van der Waals surface area contributed by atoms with Crippen LogP contribution in [0.5, 0.6) is 11.5 Å². The summed E-state index contributed by atoms with van der Waals surface area (Å²) in [7, 11) is 0. The van der Waals surface area contributed by atoms with Crippen LogP contribution in [0.25, 0.3) is 0 Å². The molecule has 0 aromatic heterocycles. The number of carbonyl (C=O) groups excluding carboxylic acids is 1. The van der Waals surface area contributed by atoms with E-state index in [0.717, 1.165) is 19.5 Å². The molecule has 0 spiro atoms. The molecule has 0 aliphatic carbocycles. The maximum Gasteiger partial charge on any atom is 0.163 e. The number of ketones is 1. The fourth-order valence-electron chi connectivity index (χ4n) is 4.13. The van der Waals surface area contributed by atoms with Gasteiger partial charge in [0, 0.05) is 12.6 Å². The number of aromatic hydroxyl groups is 1. The summed E-state index contributed by atoms with van der Waals surface area (Å²) in [6.07, 6.45) is 12.8. The third-order valence-corrected chi connectivity index (χ3v) is 6.18. The highest BCUT2D eigenvalue weighted by Crippen LogP contribution is 2.24. The number of carbonyl (C=O) groups is 1. The molecule has 0 saturated heterocycles. The van der Waals surface area contributed by atoms with Gasteiger partial charge in [0.15, 0.2) is 5.78 Å². The first kappa shape index (κ1) is 26.9. The van der Waals surface area contributed by atoms with Gasteiger partial charge in [0.2, 0.25) is 0 Å². The number of Topliss-reactive ketones (excluding diaryl/α,β-unsaturated/α-hetero) is 1. The maximum atomic E-state index is 11.3. The average Bonchev–Trinajstić information content (AvgIpc) is 2.81. The second kappa shape index (κ2) is 16.3. The van der Waals surface area contributed by atoms with Gasteiger partial charge in [-0.25, -0.2) is 0 Å². The van der Waals surface area contributed by atoms with Gasteiger partial charge >= 0.3 is 0 Å². The summed E-state index contributed by atoms with van der Waals surface area (Å²) < 4.78 is 5.69. The van der Waals surface area contributed by atoms with E-state index >= 15 is 0 Å². The standard InChI is InChI=1S/C29H43NO3/c1-3-30(24-26-17-13-12-14-18-26)21-15-10-8-6-4-5-7-9-11-16-22-33-27-19-20-28(25(2)31)29(32)23-27/h12-14,17-20,23,32H,3-11,15-16,21-22,24H2,1-2H3. The molecule has 2 aromatic rings. The monoisotopic (exact) mass is 453 g/mol. The lowest BCUT2D eigenvalue weighted by Gasteiger charge is -2.20. The Morgan fingerprint density at radius 3 is 2.03 bits per heavy atom. The summed E-state index contributed by atoms with van der Waals surface area (Å²) in [5.74, 6) is 0.482. The van der Waals surface area contributed by atoms with E-state index in [9.17, 15) is 9.90 Å². The molecule has 4 nitrogen and oxygen atoms in total. The first-order chi connectivity index (χ1) is 16.1. The van der Waals surface area contributed by atoms with Crippen molar-refractivity contribution in [3.8, 4) is 11.5 Å². The second-order valence-electron chi connectivity index (χ2n) is 8.97. The lowest BCUT2D eigenvalue weighted by molar-refractivity contribution is 0.101. The molecule has 33 heavy (non-hydrogen) atoms. The van der Waals surface area contributed by atoms with E-state index in [1.54, 1.807) is 12.1 Å². The van der Waals surface area contributed by atoms with Crippen LogP contribution in [0.1, 0.15) is 94.0 Å². The molecule has 0 aliphatic rings. The molecule has 0 saturated carbocycles. The van der Waals surface area contributed by atoms with E-state index in [-0.39, 0.29) is 11.5 Å². The molecule has 0 atom stereocenters. The van der Waals surface area contributed by atoms with Crippen molar-refractivity contribution < 1.29 is 14.6 Å². The predicted molar refractivity (Wildman–Crippen MR) is 137 cm³/mol. The Morgan fingerprint density at radius 1 is 0.848 bits per heavy atom. The highest BCUT2D eigenvalue weighted by atomic mass is 16.5. The summed E-state index contributed by atoms with van der Waals surface area (Å²) in [6, 6.07) is 15.7. The molecule has 0 aliphatic heterocycles. The molecule has 0 heterocycles. The van der Waals surface area contributed by atoms with Crippen molar-refractivity contribution in [1.29, 1.82) is 0 Å². The summed E-state index contributed by atoms with van der Waals surface area (Å²) in [6.45, 7) is 7.74. The minimum Gasteiger partial charge on any atom is -0.507 e. The van der Waals surface area contributed by atoms with Crippen LogP contribution in [0.15, 0.2) is 48.5 Å². The largest absolute Gasteiger partial charge is 0.507 e. The van der Waals surface area contributed by atoms with Crippen LogP contribution in [-0.2, 0) is 6.54 Å². The van der Waals surface area contributed by atoms with Crippen molar-refractivity contribution >= 4 is 5.78 Å². The first-order valence-electron chi connectivity index (χ1n) is 12.8.